The van der Waals surface area contributed by atoms with E-state index in [1.165, 1.54) is 16.7 Å². The SMILES string of the molecule is COCCCC(=O)Nc1cccc(C(c2cnc[nH]2)c2cccc(C)c2C)c1. The van der Waals surface area contributed by atoms with Crippen molar-refractivity contribution < 1.29 is 9.53 Å². The van der Waals surface area contributed by atoms with Crippen LogP contribution in [0, 0.1) is 13.8 Å². The van der Waals surface area contributed by atoms with Crippen molar-refractivity contribution in [1.82, 2.24) is 9.97 Å². The maximum absolute atomic E-state index is 12.2. The Morgan fingerprint density at radius 1 is 1.21 bits per heavy atom. The van der Waals surface area contributed by atoms with E-state index in [1.807, 2.05) is 24.4 Å². The summed E-state index contributed by atoms with van der Waals surface area (Å²) in [6.07, 6.45) is 4.72. The van der Waals surface area contributed by atoms with Crippen LogP contribution < -0.4 is 5.32 Å². The molecule has 1 amide bonds. The molecule has 5 heteroatoms. The van der Waals surface area contributed by atoms with Gasteiger partial charge in [0.15, 0.2) is 0 Å². The number of anilines is 1. The predicted octanol–water partition coefficient (Wildman–Crippen LogP) is 4.57. The first-order valence-electron chi connectivity index (χ1n) is 9.53. The molecular weight excluding hydrogens is 350 g/mol. The van der Waals surface area contributed by atoms with Gasteiger partial charge in [0.25, 0.3) is 0 Å². The standard InChI is InChI=1S/C23H27N3O2/c1-16-7-4-10-20(17(16)2)23(21-14-24-15-25-21)18-8-5-9-19(13-18)26-22(27)11-6-12-28-3/h4-5,7-10,13-15,23H,6,11-12H2,1-3H3,(H,24,25)(H,26,27). The summed E-state index contributed by atoms with van der Waals surface area (Å²) in [5, 5.41) is 3.00. The van der Waals surface area contributed by atoms with E-state index in [9.17, 15) is 4.79 Å². The number of aryl methyl sites for hydroxylation is 1. The molecule has 5 nitrogen and oxygen atoms in total. The summed E-state index contributed by atoms with van der Waals surface area (Å²) < 4.78 is 5.01. The number of nitrogens with zero attached hydrogens (tertiary/aromatic N) is 1. The number of imidazole rings is 1. The van der Waals surface area contributed by atoms with Crippen LogP contribution in [0.1, 0.15) is 46.7 Å². The van der Waals surface area contributed by atoms with Gasteiger partial charge in [0.2, 0.25) is 5.91 Å². The molecule has 3 aromatic rings. The van der Waals surface area contributed by atoms with Crippen molar-refractivity contribution in [2.75, 3.05) is 19.0 Å². The molecule has 0 fully saturated rings. The zero-order valence-electron chi connectivity index (χ0n) is 16.7. The van der Waals surface area contributed by atoms with E-state index in [1.54, 1.807) is 13.4 Å². The summed E-state index contributed by atoms with van der Waals surface area (Å²) >= 11 is 0. The van der Waals surface area contributed by atoms with Crippen LogP contribution in [-0.2, 0) is 9.53 Å². The largest absolute Gasteiger partial charge is 0.385 e. The lowest BCUT2D eigenvalue weighted by Crippen LogP contribution is -2.13. The molecule has 3 rings (SSSR count). The summed E-state index contributed by atoms with van der Waals surface area (Å²) in [4.78, 5) is 19.7. The molecule has 0 saturated heterocycles. The fourth-order valence-electron chi connectivity index (χ4n) is 3.43. The van der Waals surface area contributed by atoms with Crippen LogP contribution in [-0.4, -0.2) is 29.6 Å². The number of aromatic amines is 1. The van der Waals surface area contributed by atoms with Gasteiger partial charge < -0.3 is 15.0 Å². The highest BCUT2D eigenvalue weighted by Crippen LogP contribution is 2.34. The number of H-pyrrole nitrogens is 1. The van der Waals surface area contributed by atoms with E-state index in [2.05, 4.69) is 53.4 Å². The smallest absolute Gasteiger partial charge is 0.224 e. The molecule has 0 aliphatic carbocycles. The maximum atomic E-state index is 12.2. The zero-order valence-corrected chi connectivity index (χ0v) is 16.7. The topological polar surface area (TPSA) is 67.0 Å². The highest BCUT2D eigenvalue weighted by Gasteiger charge is 2.21. The highest BCUT2D eigenvalue weighted by atomic mass is 16.5. The Labute approximate surface area is 166 Å². The molecule has 1 aromatic heterocycles. The summed E-state index contributed by atoms with van der Waals surface area (Å²) in [5.74, 6) is 0.0202. The number of ether oxygens (including phenoxy) is 1. The average molecular weight is 377 g/mol. The minimum Gasteiger partial charge on any atom is -0.385 e. The molecule has 0 bridgehead atoms. The summed E-state index contributed by atoms with van der Waals surface area (Å²) in [7, 11) is 1.64. The average Bonchev–Trinajstić information content (AvgIpc) is 3.20. The molecule has 0 aliphatic rings. The first-order valence-corrected chi connectivity index (χ1v) is 9.53. The lowest BCUT2D eigenvalue weighted by atomic mass is 9.85. The minimum atomic E-state index is -0.000901. The number of amides is 1. The van der Waals surface area contributed by atoms with Crippen LogP contribution in [0.4, 0.5) is 5.69 Å². The van der Waals surface area contributed by atoms with Crippen LogP contribution >= 0.6 is 0 Å². The van der Waals surface area contributed by atoms with Crippen molar-refractivity contribution in [2.45, 2.75) is 32.6 Å². The Balaban J connectivity index is 1.91. The number of benzene rings is 2. The monoisotopic (exact) mass is 377 g/mol. The van der Waals surface area contributed by atoms with Gasteiger partial charge in [0.05, 0.1) is 12.2 Å². The number of carbonyl (C=O) groups excluding carboxylic acids is 1. The van der Waals surface area contributed by atoms with E-state index in [4.69, 9.17) is 4.74 Å². The molecule has 1 unspecified atom stereocenters. The van der Waals surface area contributed by atoms with Gasteiger partial charge in [-0.1, -0.05) is 30.3 Å². The van der Waals surface area contributed by atoms with E-state index in [-0.39, 0.29) is 11.8 Å². The third-order valence-corrected chi connectivity index (χ3v) is 5.04. The van der Waals surface area contributed by atoms with Crippen LogP contribution in [0.5, 0.6) is 0 Å². The quantitative estimate of drug-likeness (QED) is 0.565. The fraction of sp³-hybridized carbons (Fsp3) is 0.304. The number of carbonyl (C=O) groups is 1. The van der Waals surface area contributed by atoms with Crippen molar-refractivity contribution >= 4 is 11.6 Å². The van der Waals surface area contributed by atoms with Gasteiger partial charge in [0.1, 0.15) is 0 Å². The van der Waals surface area contributed by atoms with Crippen LogP contribution in [0.3, 0.4) is 0 Å². The third-order valence-electron chi connectivity index (χ3n) is 5.04. The molecule has 0 aliphatic heterocycles. The molecule has 28 heavy (non-hydrogen) atoms. The Bertz CT molecular complexity index is 919. The van der Waals surface area contributed by atoms with Crippen molar-refractivity contribution in [3.05, 3.63) is 82.9 Å². The van der Waals surface area contributed by atoms with Gasteiger partial charge >= 0.3 is 0 Å². The van der Waals surface area contributed by atoms with Crippen molar-refractivity contribution in [2.24, 2.45) is 0 Å². The van der Waals surface area contributed by atoms with Gasteiger partial charge in [0, 0.05) is 37.7 Å². The van der Waals surface area contributed by atoms with E-state index < -0.39 is 0 Å². The molecule has 0 spiro atoms. The van der Waals surface area contributed by atoms with Gasteiger partial charge in [-0.15, -0.1) is 0 Å². The number of rotatable bonds is 8. The number of nitrogens with one attached hydrogen (secondary N) is 2. The van der Waals surface area contributed by atoms with Crippen LogP contribution in [0.2, 0.25) is 0 Å². The highest BCUT2D eigenvalue weighted by molar-refractivity contribution is 5.90. The lowest BCUT2D eigenvalue weighted by molar-refractivity contribution is -0.116. The number of hydrogen-bond acceptors (Lipinski definition) is 3. The van der Waals surface area contributed by atoms with Gasteiger partial charge in [-0.25, -0.2) is 4.98 Å². The second kappa shape index (κ2) is 9.33. The third kappa shape index (κ3) is 4.67. The molecule has 146 valence electrons. The summed E-state index contributed by atoms with van der Waals surface area (Å²) in [5.41, 5.74) is 6.67. The Hall–Kier alpha value is -2.92. The maximum Gasteiger partial charge on any atom is 0.224 e. The summed E-state index contributed by atoms with van der Waals surface area (Å²) in [6.45, 7) is 4.86. The van der Waals surface area contributed by atoms with Gasteiger partial charge in [-0.2, -0.15) is 0 Å². The van der Waals surface area contributed by atoms with E-state index >= 15 is 0 Å². The van der Waals surface area contributed by atoms with Crippen LogP contribution in [0.15, 0.2) is 55.0 Å². The molecular formula is C23H27N3O2. The summed E-state index contributed by atoms with van der Waals surface area (Å²) in [6, 6.07) is 14.4. The van der Waals surface area contributed by atoms with Crippen LogP contribution in [0.25, 0.3) is 0 Å². The van der Waals surface area contributed by atoms with Gasteiger partial charge in [-0.3, -0.25) is 4.79 Å². The predicted molar refractivity (Wildman–Crippen MR) is 112 cm³/mol. The Kier molecular flexibility index (Phi) is 6.61. The molecule has 0 saturated carbocycles. The Morgan fingerprint density at radius 2 is 2.04 bits per heavy atom. The van der Waals surface area contributed by atoms with Gasteiger partial charge in [-0.05, 0) is 54.7 Å². The number of methoxy groups -OCH3 is 1. The second-order valence-corrected chi connectivity index (χ2v) is 7.00. The van der Waals surface area contributed by atoms with E-state index in [0.29, 0.717) is 19.4 Å². The number of aromatic nitrogens is 2. The molecule has 2 aromatic carbocycles. The van der Waals surface area contributed by atoms with Crippen molar-refractivity contribution in [1.29, 1.82) is 0 Å². The fourth-order valence-corrected chi connectivity index (χ4v) is 3.43. The lowest BCUT2D eigenvalue weighted by Gasteiger charge is -2.21. The van der Waals surface area contributed by atoms with Crippen molar-refractivity contribution in [3.63, 3.8) is 0 Å². The first-order chi connectivity index (χ1) is 13.6. The first kappa shape index (κ1) is 19.8. The molecule has 2 N–H and O–H groups in total. The second-order valence-electron chi connectivity index (χ2n) is 7.00. The Morgan fingerprint density at radius 3 is 2.79 bits per heavy atom. The van der Waals surface area contributed by atoms with E-state index in [0.717, 1.165) is 16.9 Å². The number of hydrogen-bond donors (Lipinski definition) is 2. The zero-order chi connectivity index (χ0) is 19.9. The van der Waals surface area contributed by atoms with Crippen molar-refractivity contribution in [3.8, 4) is 0 Å². The normalized spacial score (nSPS) is 12.0. The minimum absolute atomic E-state index is 0.000901. The molecule has 1 atom stereocenters. The molecule has 1 heterocycles. The molecule has 0 radical (unpaired) electrons.